The topological polar surface area (TPSA) is 46.3 Å². The first-order valence-corrected chi connectivity index (χ1v) is 7.45. The average Bonchev–Trinajstić information content (AvgIpc) is 2.36. The fraction of sp³-hybridized carbons (Fsp3) is 0.533. The highest BCUT2D eigenvalue weighted by Gasteiger charge is 2.22. The minimum atomic E-state index is -0.127. The Morgan fingerprint density at radius 3 is 2.40 bits per heavy atom. The van der Waals surface area contributed by atoms with Crippen LogP contribution in [0.5, 0.6) is 0 Å². The van der Waals surface area contributed by atoms with Crippen LogP contribution in [-0.4, -0.2) is 23.9 Å². The summed E-state index contributed by atoms with van der Waals surface area (Å²) in [5.74, 6) is 0.298. The minimum absolute atomic E-state index is 0.0183. The third kappa shape index (κ3) is 4.37. The molecule has 0 fully saturated rings. The molecule has 0 spiro atoms. The summed E-state index contributed by atoms with van der Waals surface area (Å²) >= 11 is 12.1. The molecule has 0 aliphatic carbocycles. The lowest BCUT2D eigenvalue weighted by Gasteiger charge is -2.28. The van der Waals surface area contributed by atoms with E-state index in [9.17, 15) is 4.79 Å². The van der Waals surface area contributed by atoms with Crippen molar-refractivity contribution >= 4 is 29.1 Å². The van der Waals surface area contributed by atoms with E-state index < -0.39 is 0 Å². The second kappa shape index (κ2) is 7.30. The SMILES string of the molecule is CC(C)C(N)CC(=O)N(C)C(C)c1ccc(Cl)cc1Cl. The highest BCUT2D eigenvalue weighted by molar-refractivity contribution is 6.35. The highest BCUT2D eigenvalue weighted by Crippen LogP contribution is 2.29. The smallest absolute Gasteiger partial charge is 0.224 e. The molecule has 0 radical (unpaired) electrons. The standard InChI is InChI=1S/C15H22Cl2N2O/c1-9(2)14(18)8-15(20)19(4)10(3)12-6-5-11(16)7-13(12)17/h5-7,9-10,14H,8,18H2,1-4H3. The van der Waals surface area contributed by atoms with E-state index in [1.54, 1.807) is 24.1 Å². The molecule has 1 aromatic rings. The molecule has 0 aromatic heterocycles. The Bertz CT molecular complexity index is 477. The third-order valence-corrected chi connectivity index (χ3v) is 4.22. The van der Waals surface area contributed by atoms with Gasteiger partial charge < -0.3 is 10.6 Å². The van der Waals surface area contributed by atoms with Crippen LogP contribution in [0.4, 0.5) is 0 Å². The summed E-state index contributed by atoms with van der Waals surface area (Å²) in [7, 11) is 1.77. The van der Waals surface area contributed by atoms with Crippen molar-refractivity contribution in [2.24, 2.45) is 11.7 Å². The average molecular weight is 317 g/mol. The molecule has 0 heterocycles. The fourth-order valence-corrected chi connectivity index (χ4v) is 2.41. The Hall–Kier alpha value is -0.770. The van der Waals surface area contributed by atoms with E-state index >= 15 is 0 Å². The van der Waals surface area contributed by atoms with Gasteiger partial charge in [-0.3, -0.25) is 4.79 Å². The fourth-order valence-electron chi connectivity index (χ4n) is 1.85. The van der Waals surface area contributed by atoms with E-state index in [0.29, 0.717) is 16.5 Å². The van der Waals surface area contributed by atoms with Crippen LogP contribution in [-0.2, 0) is 4.79 Å². The van der Waals surface area contributed by atoms with Crippen molar-refractivity contribution in [1.29, 1.82) is 0 Å². The van der Waals surface area contributed by atoms with Gasteiger partial charge in [0.15, 0.2) is 0 Å². The van der Waals surface area contributed by atoms with Gasteiger partial charge in [-0.1, -0.05) is 43.1 Å². The molecule has 20 heavy (non-hydrogen) atoms. The summed E-state index contributed by atoms with van der Waals surface area (Å²) in [4.78, 5) is 13.9. The van der Waals surface area contributed by atoms with E-state index in [2.05, 4.69) is 0 Å². The maximum atomic E-state index is 12.2. The van der Waals surface area contributed by atoms with Crippen LogP contribution in [0.15, 0.2) is 18.2 Å². The summed E-state index contributed by atoms with van der Waals surface area (Å²) in [6.45, 7) is 5.96. The molecule has 1 rings (SSSR count). The maximum Gasteiger partial charge on any atom is 0.224 e. The van der Waals surface area contributed by atoms with Gasteiger partial charge in [0.2, 0.25) is 5.91 Å². The zero-order chi connectivity index (χ0) is 15.4. The normalized spacial score (nSPS) is 14.2. The summed E-state index contributed by atoms with van der Waals surface area (Å²) in [6.07, 6.45) is 0.337. The molecule has 0 saturated heterocycles. The molecule has 2 N–H and O–H groups in total. The van der Waals surface area contributed by atoms with Crippen LogP contribution in [0.1, 0.15) is 38.8 Å². The summed E-state index contributed by atoms with van der Waals surface area (Å²) in [5, 5.41) is 1.15. The van der Waals surface area contributed by atoms with Crippen LogP contribution < -0.4 is 5.73 Å². The summed E-state index contributed by atoms with van der Waals surface area (Å²) in [5.41, 5.74) is 6.83. The first-order chi connectivity index (χ1) is 9.23. The van der Waals surface area contributed by atoms with Gasteiger partial charge in [0, 0.05) is 29.6 Å². The Balaban J connectivity index is 2.80. The van der Waals surface area contributed by atoms with Gasteiger partial charge in [0.05, 0.1) is 6.04 Å². The molecule has 3 nitrogen and oxygen atoms in total. The molecule has 1 aromatic carbocycles. The number of carbonyl (C=O) groups is 1. The molecule has 2 atom stereocenters. The van der Waals surface area contributed by atoms with Gasteiger partial charge in [-0.25, -0.2) is 0 Å². The number of hydrogen-bond donors (Lipinski definition) is 1. The third-order valence-electron chi connectivity index (χ3n) is 3.65. The van der Waals surface area contributed by atoms with Gasteiger partial charge in [-0.05, 0) is 30.5 Å². The predicted octanol–water partition coefficient (Wildman–Crippen LogP) is 3.89. The Kier molecular flexibility index (Phi) is 6.31. The lowest BCUT2D eigenvalue weighted by Crippen LogP contribution is -2.37. The van der Waals surface area contributed by atoms with Crippen molar-refractivity contribution in [2.45, 2.75) is 39.3 Å². The van der Waals surface area contributed by atoms with Crippen molar-refractivity contribution < 1.29 is 4.79 Å². The molecule has 0 aliphatic heterocycles. The molecule has 5 heteroatoms. The Morgan fingerprint density at radius 2 is 1.90 bits per heavy atom. The number of nitrogens with two attached hydrogens (primary N) is 1. The van der Waals surface area contributed by atoms with Gasteiger partial charge in [0.25, 0.3) is 0 Å². The van der Waals surface area contributed by atoms with Crippen LogP contribution in [0.25, 0.3) is 0 Å². The first-order valence-electron chi connectivity index (χ1n) is 6.70. The van der Waals surface area contributed by atoms with Crippen molar-refractivity contribution in [3.05, 3.63) is 33.8 Å². The van der Waals surface area contributed by atoms with E-state index in [1.807, 2.05) is 26.8 Å². The van der Waals surface area contributed by atoms with Crippen LogP contribution in [0.2, 0.25) is 10.0 Å². The number of nitrogens with zero attached hydrogens (tertiary/aromatic N) is 1. The number of benzene rings is 1. The number of halogens is 2. The number of amides is 1. The zero-order valence-corrected chi connectivity index (χ0v) is 13.9. The summed E-state index contributed by atoms with van der Waals surface area (Å²) < 4.78 is 0. The van der Waals surface area contributed by atoms with Gasteiger partial charge >= 0.3 is 0 Å². The monoisotopic (exact) mass is 316 g/mol. The van der Waals surface area contributed by atoms with E-state index in [4.69, 9.17) is 28.9 Å². The van der Waals surface area contributed by atoms with Crippen LogP contribution in [0, 0.1) is 5.92 Å². The van der Waals surface area contributed by atoms with Crippen LogP contribution >= 0.6 is 23.2 Å². The Morgan fingerprint density at radius 1 is 1.30 bits per heavy atom. The largest absolute Gasteiger partial charge is 0.339 e. The molecule has 2 unspecified atom stereocenters. The Labute approximate surface area is 131 Å². The highest BCUT2D eigenvalue weighted by atomic mass is 35.5. The molecule has 1 amide bonds. The lowest BCUT2D eigenvalue weighted by atomic mass is 10.0. The molecular formula is C15H22Cl2N2O. The molecule has 112 valence electrons. The quantitative estimate of drug-likeness (QED) is 0.895. The number of rotatable bonds is 5. The van der Waals surface area contributed by atoms with E-state index in [-0.39, 0.29) is 23.9 Å². The lowest BCUT2D eigenvalue weighted by molar-refractivity contribution is -0.132. The van der Waals surface area contributed by atoms with Crippen molar-refractivity contribution in [3.63, 3.8) is 0 Å². The molecule has 0 aliphatic rings. The number of hydrogen-bond acceptors (Lipinski definition) is 2. The van der Waals surface area contributed by atoms with E-state index in [0.717, 1.165) is 5.56 Å². The first kappa shape index (κ1) is 17.3. The van der Waals surface area contributed by atoms with Crippen LogP contribution in [0.3, 0.4) is 0 Å². The van der Waals surface area contributed by atoms with Crippen molar-refractivity contribution in [1.82, 2.24) is 4.90 Å². The molecular weight excluding hydrogens is 295 g/mol. The van der Waals surface area contributed by atoms with Crippen molar-refractivity contribution in [3.8, 4) is 0 Å². The van der Waals surface area contributed by atoms with E-state index in [1.165, 1.54) is 0 Å². The maximum absolute atomic E-state index is 12.2. The van der Waals surface area contributed by atoms with Gasteiger partial charge in [-0.2, -0.15) is 0 Å². The van der Waals surface area contributed by atoms with Gasteiger partial charge in [-0.15, -0.1) is 0 Å². The molecule has 0 bridgehead atoms. The summed E-state index contributed by atoms with van der Waals surface area (Å²) in [6, 6.07) is 5.07. The molecule has 0 saturated carbocycles. The zero-order valence-electron chi connectivity index (χ0n) is 12.4. The van der Waals surface area contributed by atoms with Gasteiger partial charge in [0.1, 0.15) is 0 Å². The predicted molar refractivity (Wildman–Crippen MR) is 85.1 cm³/mol. The minimum Gasteiger partial charge on any atom is -0.339 e. The number of carbonyl (C=O) groups excluding carboxylic acids is 1. The second-order valence-electron chi connectivity index (χ2n) is 5.46. The van der Waals surface area contributed by atoms with Crippen molar-refractivity contribution in [2.75, 3.05) is 7.05 Å². The second-order valence-corrected chi connectivity index (χ2v) is 6.30.